The molecule has 0 atom stereocenters. The molecule has 2 aromatic rings. The lowest BCUT2D eigenvalue weighted by Crippen LogP contribution is -2.05. The molecule has 0 aliphatic carbocycles. The molecule has 0 amide bonds. The molecule has 0 bridgehead atoms. The zero-order valence-corrected chi connectivity index (χ0v) is 27.4. The van der Waals surface area contributed by atoms with Gasteiger partial charge in [-0.25, -0.2) is 4.70 Å². The molecule has 2 aromatic carbocycles. The van der Waals surface area contributed by atoms with Gasteiger partial charge in [0.2, 0.25) is 11.4 Å². The highest BCUT2D eigenvalue weighted by molar-refractivity contribution is 5.82. The van der Waals surface area contributed by atoms with E-state index in [0.29, 0.717) is 0 Å². The van der Waals surface area contributed by atoms with Crippen LogP contribution in [0.25, 0.3) is 16.9 Å². The number of benzene rings is 2. The highest BCUT2D eigenvalue weighted by atomic mass is 15.2. The second kappa shape index (κ2) is 17.5. The van der Waals surface area contributed by atoms with Gasteiger partial charge in [0.15, 0.2) is 0 Å². The van der Waals surface area contributed by atoms with Gasteiger partial charge in [-0.05, 0) is 105 Å². The number of rotatable bonds is 19. The topological polar surface area (TPSA) is 25.3 Å². The van der Waals surface area contributed by atoms with Crippen LogP contribution in [0.5, 0.6) is 0 Å². The van der Waals surface area contributed by atoms with Crippen molar-refractivity contribution in [2.75, 3.05) is 0 Å². The molecule has 3 rings (SSSR count). The zero-order valence-electron chi connectivity index (χ0n) is 27.4. The first-order chi connectivity index (χ1) is 20.0. The fourth-order valence-electron chi connectivity index (χ4n) is 6.40. The summed E-state index contributed by atoms with van der Waals surface area (Å²) >= 11 is 0. The predicted molar refractivity (Wildman–Crippen MR) is 179 cm³/mol. The Kier molecular flexibility index (Phi) is 14.1. The molecule has 1 heterocycles. The van der Waals surface area contributed by atoms with Crippen molar-refractivity contribution < 1.29 is 4.70 Å². The number of hydrogen-bond acceptors (Lipinski definition) is 0. The molecule has 2 heteroatoms. The van der Waals surface area contributed by atoms with Crippen LogP contribution in [0.15, 0.2) is 47.5 Å². The summed E-state index contributed by atoms with van der Waals surface area (Å²) in [6, 6.07) is 14.1. The predicted octanol–water partition coefficient (Wildman–Crippen LogP) is 12.2. The Labute approximate surface area is 252 Å². The molecule has 0 fully saturated rings. The van der Waals surface area contributed by atoms with Crippen molar-refractivity contribution in [2.45, 2.75) is 151 Å². The van der Waals surface area contributed by atoms with Gasteiger partial charge in [-0.1, -0.05) is 105 Å². The molecular weight excluding hydrogens is 496 g/mol. The number of aryl methyl sites for hydroxylation is 4. The fraction of sp³-hybridized carbons (Fsp3) is 0.590. The van der Waals surface area contributed by atoms with E-state index in [2.05, 4.69) is 77.9 Å². The molecule has 1 aliphatic rings. The maximum Gasteiger partial charge on any atom is 0.211 e. The number of nitrogens with zero attached hydrogens (tertiary/aromatic N) is 2. The highest BCUT2D eigenvalue weighted by Gasteiger charge is 2.34. The molecule has 41 heavy (non-hydrogen) atoms. The Morgan fingerprint density at radius 3 is 1.34 bits per heavy atom. The maximum atomic E-state index is 12.0. The Hall–Kier alpha value is -2.48. The maximum absolute atomic E-state index is 12.0. The SMILES string of the molecule is CCCCCCC1=C(c2cc(CC)cc(CCCCCC)c2)[N+](=[N-])C(c2cc(CC)cc(CCCCCC)c2)=C1C. The van der Waals surface area contributed by atoms with Crippen LogP contribution in [-0.2, 0) is 25.7 Å². The van der Waals surface area contributed by atoms with Crippen molar-refractivity contribution in [1.29, 1.82) is 0 Å². The summed E-state index contributed by atoms with van der Waals surface area (Å²) in [4.78, 5) is 0. The van der Waals surface area contributed by atoms with E-state index in [1.807, 2.05) is 0 Å². The largest absolute Gasteiger partial charge is 0.493 e. The van der Waals surface area contributed by atoms with Crippen LogP contribution < -0.4 is 0 Å². The monoisotopic (exact) mass is 554 g/mol. The van der Waals surface area contributed by atoms with E-state index in [0.717, 1.165) is 43.5 Å². The molecule has 0 unspecified atom stereocenters. The van der Waals surface area contributed by atoms with Gasteiger partial charge in [0.1, 0.15) is 0 Å². The summed E-state index contributed by atoms with van der Waals surface area (Å²) in [5.74, 6) is 0. The van der Waals surface area contributed by atoms with Gasteiger partial charge >= 0.3 is 0 Å². The van der Waals surface area contributed by atoms with Gasteiger partial charge in [-0.3, -0.25) is 0 Å². The molecule has 0 saturated carbocycles. The van der Waals surface area contributed by atoms with E-state index in [4.69, 9.17) is 0 Å². The van der Waals surface area contributed by atoms with Gasteiger partial charge in [-0.15, -0.1) is 0 Å². The molecule has 0 saturated heterocycles. The second-order valence-electron chi connectivity index (χ2n) is 12.3. The minimum Gasteiger partial charge on any atom is -0.493 e. The normalized spacial score (nSPS) is 13.7. The van der Waals surface area contributed by atoms with Crippen LogP contribution in [0, 0.1) is 0 Å². The smallest absolute Gasteiger partial charge is 0.211 e. The third-order valence-electron chi connectivity index (χ3n) is 8.90. The Morgan fingerprint density at radius 2 is 0.902 bits per heavy atom. The van der Waals surface area contributed by atoms with Crippen molar-refractivity contribution in [3.05, 3.63) is 86.5 Å². The Balaban J connectivity index is 2.02. The average molecular weight is 555 g/mol. The minimum atomic E-state index is 0.988. The molecule has 1 aliphatic heterocycles. The summed E-state index contributed by atoms with van der Waals surface area (Å²) in [5, 5.41) is 0. The second-order valence-corrected chi connectivity index (χ2v) is 12.3. The molecule has 0 N–H and O–H groups in total. The Bertz CT molecular complexity index is 1200. The highest BCUT2D eigenvalue weighted by Crippen LogP contribution is 2.43. The number of hydrogen-bond donors (Lipinski definition) is 0. The van der Waals surface area contributed by atoms with Crippen LogP contribution in [0.1, 0.15) is 158 Å². The zero-order chi connectivity index (χ0) is 29.6. The summed E-state index contributed by atoms with van der Waals surface area (Å²) < 4.78 is 1.57. The molecular formula is C39H58N2. The lowest BCUT2D eigenvalue weighted by Gasteiger charge is -2.14. The van der Waals surface area contributed by atoms with E-state index in [1.165, 1.54) is 122 Å². The first-order valence-corrected chi connectivity index (χ1v) is 17.2. The first kappa shape index (κ1) is 33.0. The van der Waals surface area contributed by atoms with Crippen molar-refractivity contribution in [2.24, 2.45) is 0 Å². The third-order valence-corrected chi connectivity index (χ3v) is 8.90. The summed E-state index contributed by atoms with van der Waals surface area (Å²) in [7, 11) is 0. The molecule has 0 radical (unpaired) electrons. The minimum absolute atomic E-state index is 0.988. The molecule has 2 nitrogen and oxygen atoms in total. The van der Waals surface area contributed by atoms with Gasteiger partial charge in [0.05, 0.1) is 0 Å². The van der Waals surface area contributed by atoms with E-state index >= 15 is 0 Å². The summed E-state index contributed by atoms with van der Waals surface area (Å²) in [5.41, 5.74) is 24.5. The third kappa shape index (κ3) is 9.25. The van der Waals surface area contributed by atoms with E-state index < -0.39 is 0 Å². The van der Waals surface area contributed by atoms with E-state index in [-0.39, 0.29) is 0 Å². The van der Waals surface area contributed by atoms with Crippen molar-refractivity contribution in [3.63, 3.8) is 0 Å². The lowest BCUT2D eigenvalue weighted by atomic mass is 9.93. The molecule has 224 valence electrons. The number of allylic oxidation sites excluding steroid dienone is 2. The van der Waals surface area contributed by atoms with Gasteiger partial charge in [-0.2, -0.15) is 0 Å². The van der Waals surface area contributed by atoms with E-state index in [1.54, 1.807) is 4.70 Å². The van der Waals surface area contributed by atoms with E-state index in [9.17, 15) is 5.53 Å². The van der Waals surface area contributed by atoms with Crippen LogP contribution in [0.4, 0.5) is 0 Å². The van der Waals surface area contributed by atoms with Crippen molar-refractivity contribution >= 4 is 11.4 Å². The van der Waals surface area contributed by atoms with Crippen LogP contribution in [0.2, 0.25) is 0 Å². The van der Waals surface area contributed by atoms with Gasteiger partial charge in [0, 0.05) is 22.3 Å². The fourth-order valence-corrected chi connectivity index (χ4v) is 6.40. The first-order valence-electron chi connectivity index (χ1n) is 17.2. The van der Waals surface area contributed by atoms with Gasteiger partial charge in [0.25, 0.3) is 0 Å². The quantitative estimate of drug-likeness (QED) is 0.122. The van der Waals surface area contributed by atoms with Crippen LogP contribution in [-0.4, -0.2) is 4.70 Å². The van der Waals surface area contributed by atoms with Crippen LogP contribution in [0.3, 0.4) is 0 Å². The lowest BCUT2D eigenvalue weighted by molar-refractivity contribution is -0.345. The van der Waals surface area contributed by atoms with Crippen molar-refractivity contribution in [1.82, 2.24) is 0 Å². The average Bonchev–Trinajstić information content (AvgIpc) is 3.23. The Morgan fingerprint density at radius 1 is 0.488 bits per heavy atom. The van der Waals surface area contributed by atoms with Gasteiger partial charge < -0.3 is 5.53 Å². The number of unbranched alkanes of at least 4 members (excludes halogenated alkanes) is 9. The standard InChI is InChI=1S/C39H58N2/c1-7-12-15-18-21-33-24-31(10-4)26-35(28-33)38-30(6)37(23-20-17-14-9-3)39(41(38)40)36-27-32(11-5)25-34(29-36)22-19-16-13-8-2/h24-29H,7-23H2,1-6H3. The summed E-state index contributed by atoms with van der Waals surface area (Å²) in [6.45, 7) is 13.6. The molecule has 0 aromatic heterocycles. The van der Waals surface area contributed by atoms with Crippen LogP contribution >= 0.6 is 0 Å². The molecule has 0 spiro atoms. The van der Waals surface area contributed by atoms with Crippen molar-refractivity contribution in [3.8, 4) is 0 Å². The summed E-state index contributed by atoms with van der Waals surface area (Å²) in [6.07, 6.45) is 20.4.